The summed E-state index contributed by atoms with van der Waals surface area (Å²) in [6.45, 7) is 0.180. The van der Waals surface area contributed by atoms with E-state index in [0.29, 0.717) is 5.02 Å². The average Bonchev–Trinajstić information content (AvgIpc) is 2.84. The van der Waals surface area contributed by atoms with E-state index in [1.807, 2.05) is 0 Å². The molecule has 1 heterocycles. The third kappa shape index (κ3) is 5.91. The molecule has 0 saturated carbocycles. The van der Waals surface area contributed by atoms with Gasteiger partial charge in [0.25, 0.3) is 5.91 Å². The van der Waals surface area contributed by atoms with Crippen molar-refractivity contribution in [2.75, 3.05) is 52.4 Å². The van der Waals surface area contributed by atoms with Crippen LogP contribution >= 0.6 is 23.2 Å². The minimum absolute atomic E-state index is 0.0129. The van der Waals surface area contributed by atoms with E-state index in [-0.39, 0.29) is 59.0 Å². The fraction of sp³-hybridized carbons (Fsp3) is 0.333. The summed E-state index contributed by atoms with van der Waals surface area (Å²) >= 11 is 11.9. The van der Waals surface area contributed by atoms with Crippen LogP contribution in [0.15, 0.2) is 35.2 Å². The summed E-state index contributed by atoms with van der Waals surface area (Å²) in [7, 11) is -1.36. The number of anilines is 1. The molecule has 0 bridgehead atoms. The molecular weight excluding hydrogens is 511 g/mol. The third-order valence-electron chi connectivity index (χ3n) is 4.82. The van der Waals surface area contributed by atoms with Gasteiger partial charge in [0.15, 0.2) is 18.1 Å². The van der Waals surface area contributed by atoms with E-state index in [9.17, 15) is 18.0 Å². The van der Waals surface area contributed by atoms with E-state index in [2.05, 4.69) is 5.32 Å². The molecule has 34 heavy (non-hydrogen) atoms. The molecule has 0 atom stereocenters. The number of benzene rings is 2. The molecule has 1 aliphatic heterocycles. The van der Waals surface area contributed by atoms with E-state index in [1.165, 1.54) is 36.7 Å². The van der Waals surface area contributed by atoms with E-state index >= 15 is 0 Å². The Bertz CT molecular complexity index is 1180. The molecule has 3 rings (SSSR count). The highest BCUT2D eigenvalue weighted by Gasteiger charge is 2.30. The number of hydrogen-bond donors (Lipinski definition) is 1. The van der Waals surface area contributed by atoms with E-state index < -0.39 is 28.5 Å². The molecule has 184 valence electrons. The van der Waals surface area contributed by atoms with E-state index in [1.54, 1.807) is 6.07 Å². The number of amides is 1. The average molecular weight is 533 g/mol. The Morgan fingerprint density at radius 1 is 1.09 bits per heavy atom. The van der Waals surface area contributed by atoms with Crippen LogP contribution in [0, 0.1) is 0 Å². The second kappa shape index (κ2) is 11.2. The van der Waals surface area contributed by atoms with Gasteiger partial charge in [0, 0.05) is 24.2 Å². The van der Waals surface area contributed by atoms with Crippen molar-refractivity contribution in [1.82, 2.24) is 4.31 Å². The first-order valence-corrected chi connectivity index (χ1v) is 12.1. The minimum Gasteiger partial charge on any atom is -0.493 e. The molecule has 0 aromatic heterocycles. The monoisotopic (exact) mass is 532 g/mol. The highest BCUT2D eigenvalue weighted by atomic mass is 35.5. The molecule has 13 heteroatoms. The number of methoxy groups -OCH3 is 2. The zero-order chi connectivity index (χ0) is 24.9. The smallest absolute Gasteiger partial charge is 0.342 e. The van der Waals surface area contributed by atoms with Gasteiger partial charge in [-0.25, -0.2) is 13.2 Å². The maximum absolute atomic E-state index is 13.1. The zero-order valence-corrected chi connectivity index (χ0v) is 20.6. The number of carbonyl (C=O) groups is 2. The van der Waals surface area contributed by atoms with Crippen LogP contribution in [0.4, 0.5) is 5.69 Å². The molecule has 2 aromatic carbocycles. The molecule has 1 fully saturated rings. The number of carbonyl (C=O) groups excluding carboxylic acids is 2. The van der Waals surface area contributed by atoms with Crippen LogP contribution in [-0.4, -0.2) is 71.7 Å². The fourth-order valence-corrected chi connectivity index (χ4v) is 4.95. The summed E-state index contributed by atoms with van der Waals surface area (Å²) in [6.07, 6.45) is 0. The Balaban J connectivity index is 1.82. The van der Waals surface area contributed by atoms with Gasteiger partial charge in [-0.1, -0.05) is 23.2 Å². The number of esters is 1. The van der Waals surface area contributed by atoms with Crippen molar-refractivity contribution in [2.24, 2.45) is 0 Å². The first kappa shape index (κ1) is 26.0. The molecule has 10 nitrogen and oxygen atoms in total. The van der Waals surface area contributed by atoms with Crippen molar-refractivity contribution in [1.29, 1.82) is 0 Å². The number of ether oxygens (including phenoxy) is 4. The largest absolute Gasteiger partial charge is 0.493 e. The maximum atomic E-state index is 13.1. The Morgan fingerprint density at radius 2 is 1.79 bits per heavy atom. The van der Waals surface area contributed by atoms with Crippen molar-refractivity contribution in [3.05, 3.63) is 45.9 Å². The van der Waals surface area contributed by atoms with Crippen LogP contribution in [0.25, 0.3) is 0 Å². The van der Waals surface area contributed by atoms with E-state index in [4.69, 9.17) is 42.1 Å². The van der Waals surface area contributed by atoms with Gasteiger partial charge in [0.1, 0.15) is 5.56 Å². The van der Waals surface area contributed by atoms with Gasteiger partial charge < -0.3 is 24.3 Å². The van der Waals surface area contributed by atoms with Gasteiger partial charge in [-0.05, 0) is 24.3 Å². The van der Waals surface area contributed by atoms with Crippen molar-refractivity contribution in [3.8, 4) is 11.5 Å². The van der Waals surface area contributed by atoms with Gasteiger partial charge in [0.05, 0.1) is 43.0 Å². The number of nitrogens with zero attached hydrogens (tertiary/aromatic N) is 1. The van der Waals surface area contributed by atoms with Gasteiger partial charge in [-0.3, -0.25) is 4.79 Å². The molecule has 1 aliphatic rings. The lowest BCUT2D eigenvalue weighted by atomic mass is 10.2. The summed E-state index contributed by atoms with van der Waals surface area (Å²) < 4.78 is 48.2. The van der Waals surface area contributed by atoms with Crippen LogP contribution in [0.2, 0.25) is 10.0 Å². The van der Waals surface area contributed by atoms with Crippen molar-refractivity contribution in [3.63, 3.8) is 0 Å². The topological polar surface area (TPSA) is 120 Å². The molecule has 1 saturated heterocycles. The first-order valence-electron chi connectivity index (χ1n) is 9.93. The maximum Gasteiger partial charge on any atom is 0.342 e. The van der Waals surface area contributed by atoms with Crippen LogP contribution < -0.4 is 14.8 Å². The number of rotatable bonds is 8. The van der Waals surface area contributed by atoms with Gasteiger partial charge >= 0.3 is 5.97 Å². The first-order chi connectivity index (χ1) is 16.2. The van der Waals surface area contributed by atoms with Crippen LogP contribution in [0.5, 0.6) is 11.5 Å². The second-order valence-corrected chi connectivity index (χ2v) is 9.75. The van der Waals surface area contributed by atoms with E-state index in [0.717, 1.165) is 6.07 Å². The van der Waals surface area contributed by atoms with Crippen LogP contribution in [0.1, 0.15) is 10.4 Å². The lowest BCUT2D eigenvalue weighted by Gasteiger charge is -2.26. The summed E-state index contributed by atoms with van der Waals surface area (Å²) in [4.78, 5) is 24.9. The number of halogens is 2. The number of hydrogen-bond acceptors (Lipinski definition) is 8. The summed E-state index contributed by atoms with van der Waals surface area (Å²) in [5, 5.41) is 3.09. The summed E-state index contributed by atoms with van der Waals surface area (Å²) in [5.74, 6) is -1.69. The molecule has 0 radical (unpaired) electrons. The SMILES string of the molecule is COc1cc(S(=O)(=O)N2CCOCC2)cc(C(=O)OCC(=O)Nc2cc(Cl)ccc2Cl)c1OC. The predicted octanol–water partition coefficient (Wildman–Crippen LogP) is 2.83. The fourth-order valence-electron chi connectivity index (χ4n) is 3.16. The van der Waals surface area contributed by atoms with Crippen LogP contribution in [0.3, 0.4) is 0 Å². The molecule has 1 amide bonds. The Morgan fingerprint density at radius 3 is 2.44 bits per heavy atom. The Labute approximate surface area is 206 Å². The molecule has 0 unspecified atom stereocenters. The number of sulfonamides is 1. The lowest BCUT2D eigenvalue weighted by Crippen LogP contribution is -2.40. The van der Waals surface area contributed by atoms with Gasteiger partial charge in [-0.2, -0.15) is 4.31 Å². The normalized spacial score (nSPS) is 14.4. The van der Waals surface area contributed by atoms with Crippen molar-refractivity contribution < 1.29 is 37.0 Å². The molecule has 2 aromatic rings. The lowest BCUT2D eigenvalue weighted by molar-refractivity contribution is -0.119. The number of nitrogens with one attached hydrogen (secondary N) is 1. The van der Waals surface area contributed by atoms with Crippen molar-refractivity contribution in [2.45, 2.75) is 4.90 Å². The molecule has 0 aliphatic carbocycles. The summed E-state index contributed by atoms with van der Waals surface area (Å²) in [5.41, 5.74) is 0.0235. The zero-order valence-electron chi connectivity index (χ0n) is 18.3. The molecular formula is C21H22Cl2N2O8S. The Kier molecular flexibility index (Phi) is 8.61. The van der Waals surface area contributed by atoms with Crippen LogP contribution in [-0.2, 0) is 24.3 Å². The second-order valence-electron chi connectivity index (χ2n) is 6.97. The Hall–Kier alpha value is -2.57. The summed E-state index contributed by atoms with van der Waals surface area (Å²) in [6, 6.07) is 6.88. The van der Waals surface area contributed by atoms with Gasteiger partial charge in [0.2, 0.25) is 10.0 Å². The standard InChI is InChI=1S/C21H22Cl2N2O8S/c1-30-18-11-14(34(28,29)25-5-7-32-8-6-25)10-15(20(18)31-2)21(27)33-12-19(26)24-17-9-13(22)3-4-16(17)23/h3-4,9-11H,5-8,12H2,1-2H3,(H,24,26). The van der Waals surface area contributed by atoms with Crippen molar-refractivity contribution >= 4 is 50.8 Å². The molecule has 1 N–H and O–H groups in total. The minimum atomic E-state index is -3.95. The molecule has 0 spiro atoms. The van der Waals surface area contributed by atoms with Gasteiger partial charge in [-0.15, -0.1) is 0 Å². The third-order valence-corrected chi connectivity index (χ3v) is 7.26. The highest BCUT2D eigenvalue weighted by Crippen LogP contribution is 2.35. The highest BCUT2D eigenvalue weighted by molar-refractivity contribution is 7.89. The predicted molar refractivity (Wildman–Crippen MR) is 124 cm³/mol. The quantitative estimate of drug-likeness (QED) is 0.515. The number of morpholine rings is 1.